The van der Waals surface area contributed by atoms with Gasteiger partial charge in [0.1, 0.15) is 0 Å². The van der Waals surface area contributed by atoms with Crippen molar-refractivity contribution in [3.63, 3.8) is 0 Å². The summed E-state index contributed by atoms with van der Waals surface area (Å²) >= 11 is 1.81. The van der Waals surface area contributed by atoms with Gasteiger partial charge < -0.3 is 0 Å². The molecule has 0 fully saturated rings. The Balaban J connectivity index is 1.45. The highest BCUT2D eigenvalue weighted by molar-refractivity contribution is 8.00. The first-order valence-electron chi connectivity index (χ1n) is 12.7. The molecule has 1 heterocycles. The maximum absolute atomic E-state index is 13.8. The molecular weight excluding hydrogens is 507 g/mol. The van der Waals surface area contributed by atoms with Gasteiger partial charge in [-0.3, -0.25) is 0 Å². The van der Waals surface area contributed by atoms with Gasteiger partial charge in [-0.1, -0.05) is 78.4 Å². The number of hydrogen-bond donors (Lipinski definition) is 0. The van der Waals surface area contributed by atoms with Crippen LogP contribution in [0.1, 0.15) is 39.3 Å². The maximum Gasteiger partial charge on any atom is 0.207 e. The molecule has 1 aliphatic heterocycles. The fourth-order valence-electron chi connectivity index (χ4n) is 5.79. The summed E-state index contributed by atoms with van der Waals surface area (Å²) in [6, 6.07) is 29.6. The standard InChI is InChI=1S/C33H27NO2S2/c1-21-13-15-24(16-14-21)38(35,36)31-12-5-8-23-19-29-26(10-6-11-27(29)32(23)31)28-17-18-37-33(28)30(20-34)25-9-4-3-7-22(25)2/h3-17,30,33H,18-19H2,1-2H3. The van der Waals surface area contributed by atoms with Crippen LogP contribution in [-0.4, -0.2) is 19.4 Å². The fraction of sp³-hybridized carbons (Fsp3) is 0.182. The molecule has 4 aromatic rings. The lowest BCUT2D eigenvalue weighted by Gasteiger charge is -2.23. The molecule has 0 saturated heterocycles. The molecule has 38 heavy (non-hydrogen) atoms. The van der Waals surface area contributed by atoms with Crippen LogP contribution in [0.2, 0.25) is 0 Å². The minimum absolute atomic E-state index is 0.0204. The average Bonchev–Trinajstić information content (AvgIpc) is 3.55. The normalized spacial score (nSPS) is 16.9. The molecule has 0 amide bonds. The minimum atomic E-state index is -3.69. The Hall–Kier alpha value is -3.59. The number of nitrogens with zero attached hydrogens (tertiary/aromatic N) is 1. The predicted molar refractivity (Wildman–Crippen MR) is 155 cm³/mol. The molecule has 0 N–H and O–H groups in total. The van der Waals surface area contributed by atoms with Crippen molar-refractivity contribution < 1.29 is 8.42 Å². The second kappa shape index (κ2) is 9.62. The Kier molecular flexibility index (Phi) is 6.26. The molecule has 2 aliphatic rings. The molecule has 0 spiro atoms. The molecule has 3 nitrogen and oxygen atoms in total. The number of fused-ring (bicyclic) bond motifs is 3. The van der Waals surface area contributed by atoms with Crippen LogP contribution in [0.25, 0.3) is 16.7 Å². The Labute approximate surface area is 228 Å². The van der Waals surface area contributed by atoms with Gasteiger partial charge in [0, 0.05) is 11.3 Å². The van der Waals surface area contributed by atoms with Crippen LogP contribution in [0.4, 0.5) is 0 Å². The van der Waals surface area contributed by atoms with Crippen molar-refractivity contribution in [1.29, 1.82) is 5.26 Å². The highest BCUT2D eigenvalue weighted by Crippen LogP contribution is 2.49. The van der Waals surface area contributed by atoms with Gasteiger partial charge in [-0.25, -0.2) is 8.42 Å². The molecule has 2 atom stereocenters. The van der Waals surface area contributed by atoms with E-state index in [0.717, 1.165) is 50.3 Å². The third kappa shape index (κ3) is 4.00. The average molecular weight is 534 g/mol. The zero-order chi connectivity index (χ0) is 26.4. The zero-order valence-electron chi connectivity index (χ0n) is 21.3. The van der Waals surface area contributed by atoms with Crippen molar-refractivity contribution in [3.8, 4) is 17.2 Å². The van der Waals surface area contributed by atoms with Crippen molar-refractivity contribution >= 4 is 27.2 Å². The summed E-state index contributed by atoms with van der Waals surface area (Å²) in [6.07, 6.45) is 2.93. The second-order valence-electron chi connectivity index (χ2n) is 9.99. The third-order valence-electron chi connectivity index (χ3n) is 7.71. The van der Waals surface area contributed by atoms with Crippen LogP contribution >= 0.6 is 11.8 Å². The van der Waals surface area contributed by atoms with Crippen LogP contribution in [0.3, 0.4) is 0 Å². The summed E-state index contributed by atoms with van der Waals surface area (Å²) in [5.74, 6) is 0.598. The van der Waals surface area contributed by atoms with Crippen LogP contribution in [0.5, 0.6) is 0 Å². The van der Waals surface area contributed by atoms with E-state index in [2.05, 4.69) is 37.3 Å². The Morgan fingerprint density at radius 2 is 1.63 bits per heavy atom. The SMILES string of the molecule is Cc1ccc(S(=O)(=O)c2cccc3c2-c2cccc(C4=CCSC4C(C#N)c4ccccc4C)c2C3)cc1. The van der Waals surface area contributed by atoms with Gasteiger partial charge in [0.2, 0.25) is 9.84 Å². The summed E-state index contributed by atoms with van der Waals surface area (Å²) in [6.45, 7) is 4.02. The lowest BCUT2D eigenvalue weighted by Crippen LogP contribution is -2.15. The Morgan fingerprint density at radius 3 is 2.39 bits per heavy atom. The van der Waals surface area contributed by atoms with Crippen molar-refractivity contribution in [3.05, 3.63) is 124 Å². The van der Waals surface area contributed by atoms with E-state index in [1.165, 1.54) is 5.57 Å². The largest absolute Gasteiger partial charge is 0.218 e. The zero-order valence-corrected chi connectivity index (χ0v) is 22.9. The van der Waals surface area contributed by atoms with E-state index in [9.17, 15) is 13.7 Å². The van der Waals surface area contributed by atoms with E-state index in [1.807, 2.05) is 55.5 Å². The number of sulfone groups is 1. The lowest BCUT2D eigenvalue weighted by molar-refractivity contribution is 0.596. The van der Waals surface area contributed by atoms with Crippen molar-refractivity contribution in [2.75, 3.05) is 5.75 Å². The topological polar surface area (TPSA) is 57.9 Å². The van der Waals surface area contributed by atoms with Gasteiger partial charge >= 0.3 is 0 Å². The first kappa shape index (κ1) is 24.7. The molecule has 6 rings (SSSR count). The second-order valence-corrected chi connectivity index (χ2v) is 13.1. The summed E-state index contributed by atoms with van der Waals surface area (Å²) < 4.78 is 27.5. The van der Waals surface area contributed by atoms with Gasteiger partial charge in [0.15, 0.2) is 0 Å². The van der Waals surface area contributed by atoms with E-state index in [4.69, 9.17) is 0 Å². The molecule has 5 heteroatoms. The predicted octanol–water partition coefficient (Wildman–Crippen LogP) is 7.51. The first-order valence-corrected chi connectivity index (χ1v) is 15.3. The van der Waals surface area contributed by atoms with Crippen molar-refractivity contribution in [1.82, 2.24) is 0 Å². The highest BCUT2D eigenvalue weighted by atomic mass is 32.2. The molecule has 1 aliphatic carbocycles. The van der Waals surface area contributed by atoms with Crippen LogP contribution in [0, 0.1) is 25.2 Å². The van der Waals surface area contributed by atoms with E-state index in [0.29, 0.717) is 16.2 Å². The first-order chi connectivity index (χ1) is 18.4. The van der Waals surface area contributed by atoms with Gasteiger partial charge in [0.05, 0.1) is 27.0 Å². The monoisotopic (exact) mass is 533 g/mol. The molecule has 4 aromatic carbocycles. The summed E-state index contributed by atoms with van der Waals surface area (Å²) in [4.78, 5) is 0.669. The number of benzene rings is 4. The van der Waals surface area contributed by atoms with Gasteiger partial charge in [-0.05, 0) is 77.4 Å². The van der Waals surface area contributed by atoms with E-state index in [1.54, 1.807) is 30.0 Å². The van der Waals surface area contributed by atoms with Gasteiger partial charge in [0.25, 0.3) is 0 Å². The molecule has 0 bridgehead atoms. The summed E-state index contributed by atoms with van der Waals surface area (Å²) in [5.41, 5.74) is 9.49. The van der Waals surface area contributed by atoms with Crippen LogP contribution in [-0.2, 0) is 16.3 Å². The molecule has 2 unspecified atom stereocenters. The van der Waals surface area contributed by atoms with Gasteiger partial charge in [-0.2, -0.15) is 5.26 Å². The molecule has 0 radical (unpaired) electrons. The molecule has 0 saturated carbocycles. The molecule has 0 aromatic heterocycles. The number of hydrogen-bond acceptors (Lipinski definition) is 4. The quantitative estimate of drug-likeness (QED) is 0.235. The fourth-order valence-corrected chi connectivity index (χ4v) is 8.59. The van der Waals surface area contributed by atoms with E-state index in [-0.39, 0.29) is 11.2 Å². The van der Waals surface area contributed by atoms with Gasteiger partial charge in [-0.15, -0.1) is 11.8 Å². The van der Waals surface area contributed by atoms with Crippen molar-refractivity contribution in [2.45, 2.75) is 41.2 Å². The van der Waals surface area contributed by atoms with Crippen LogP contribution in [0.15, 0.2) is 101 Å². The molecule has 188 valence electrons. The minimum Gasteiger partial charge on any atom is -0.218 e. The van der Waals surface area contributed by atoms with E-state index >= 15 is 0 Å². The number of nitriles is 1. The highest BCUT2D eigenvalue weighted by Gasteiger charge is 2.35. The number of thioether (sulfide) groups is 1. The van der Waals surface area contributed by atoms with Crippen molar-refractivity contribution in [2.24, 2.45) is 0 Å². The third-order valence-corrected chi connectivity index (χ3v) is 10.8. The summed E-state index contributed by atoms with van der Waals surface area (Å²) in [5, 5.41) is 10.3. The number of aryl methyl sites for hydroxylation is 2. The van der Waals surface area contributed by atoms with E-state index < -0.39 is 9.84 Å². The smallest absolute Gasteiger partial charge is 0.207 e. The molecular formula is C33H27NO2S2. The Morgan fingerprint density at radius 1 is 0.895 bits per heavy atom. The number of rotatable bonds is 5. The lowest BCUT2D eigenvalue weighted by atomic mass is 9.85. The van der Waals surface area contributed by atoms with Crippen LogP contribution < -0.4 is 0 Å². The Bertz CT molecular complexity index is 1740. The summed E-state index contributed by atoms with van der Waals surface area (Å²) in [7, 11) is -3.69. The maximum atomic E-state index is 13.8.